The maximum Gasteiger partial charge on any atom is 0.337 e. The number of Topliss-reactive ketones (excluding diaryl/α,β-unsaturated/α-hetero) is 1. The van der Waals surface area contributed by atoms with E-state index in [1.54, 1.807) is 12.4 Å². The first-order valence-electron chi connectivity index (χ1n) is 16.2. The number of aryl methyl sites for hydroxylation is 2. The molecule has 0 aliphatic heterocycles. The molecule has 6 rings (SSSR count). The van der Waals surface area contributed by atoms with E-state index < -0.39 is 68.5 Å². The highest BCUT2D eigenvalue weighted by atomic mass is 32.2. The molecule has 6 aromatic rings. The highest BCUT2D eigenvalue weighted by Crippen LogP contribution is 2.25. The first-order valence-corrected chi connectivity index (χ1v) is 17.7. The number of halogens is 2. The summed E-state index contributed by atoms with van der Waals surface area (Å²) in [6.07, 6.45) is 7.60. The smallest absolute Gasteiger partial charge is 0.337 e. The molecule has 1 atom stereocenters. The van der Waals surface area contributed by atoms with Crippen molar-refractivity contribution < 1.29 is 31.9 Å². The van der Waals surface area contributed by atoms with Gasteiger partial charge >= 0.3 is 5.69 Å². The second-order valence-corrected chi connectivity index (χ2v) is 13.6. The van der Waals surface area contributed by atoms with Crippen molar-refractivity contribution in [2.75, 3.05) is 11.3 Å². The number of aliphatic hydroxyl groups is 1. The van der Waals surface area contributed by atoms with Gasteiger partial charge in [0.1, 0.15) is 29.9 Å². The number of rotatable bonds is 12. The van der Waals surface area contributed by atoms with Gasteiger partial charge in [-0.15, -0.1) is 0 Å². The first-order chi connectivity index (χ1) is 25.8. The van der Waals surface area contributed by atoms with E-state index in [0.29, 0.717) is 46.6 Å². The molecule has 0 unspecified atom stereocenters. The molecule has 0 fully saturated rings. The molecule has 0 aliphatic carbocycles. The van der Waals surface area contributed by atoms with Crippen LogP contribution >= 0.6 is 0 Å². The van der Waals surface area contributed by atoms with Gasteiger partial charge in [-0.1, -0.05) is 25.1 Å². The largest absolute Gasteiger partial charge is 0.389 e. The number of nitrogens with zero attached hydrogens (tertiary/aromatic N) is 6. The predicted octanol–water partition coefficient (Wildman–Crippen LogP) is 2.48. The van der Waals surface area contributed by atoms with Gasteiger partial charge in [-0.25, -0.2) is 41.5 Å². The van der Waals surface area contributed by atoms with Crippen LogP contribution in [0.15, 0.2) is 100 Å². The maximum absolute atomic E-state index is 15.2. The molecule has 3 N–H and O–H groups in total. The van der Waals surface area contributed by atoms with Crippen molar-refractivity contribution in [2.45, 2.75) is 30.7 Å². The van der Waals surface area contributed by atoms with E-state index in [-0.39, 0.29) is 22.5 Å². The molecular weight excluding hydrogens is 727 g/mol. The van der Waals surface area contributed by atoms with E-state index in [0.717, 1.165) is 4.57 Å². The van der Waals surface area contributed by atoms with E-state index >= 15 is 8.78 Å². The SMILES string of the molecule is CCc1ncc(-c2ccc(S(=O)(=O)Nc3cc(F)c(C(=O)N[C@@H](Cc4ccc(-n5c(=O)c6ccncc6n(C)c5=O)nc4)C(=O)CO)cc3F)cc2)cn1. The Labute approximate surface area is 305 Å². The summed E-state index contributed by atoms with van der Waals surface area (Å²) in [6.45, 7) is 0.896. The van der Waals surface area contributed by atoms with E-state index in [4.69, 9.17) is 0 Å². The number of carbonyl (C=O) groups excluding carboxylic acids is 2. The number of fused-ring (bicyclic) bond motifs is 1. The molecule has 0 aliphatic rings. The first kappa shape index (κ1) is 37.2. The average molecular weight is 757 g/mol. The third kappa shape index (κ3) is 7.50. The fourth-order valence-electron chi connectivity index (χ4n) is 5.51. The zero-order chi connectivity index (χ0) is 38.7. The zero-order valence-electron chi connectivity index (χ0n) is 28.5. The van der Waals surface area contributed by atoms with E-state index in [1.807, 2.05) is 11.6 Å². The summed E-state index contributed by atoms with van der Waals surface area (Å²) in [4.78, 5) is 68.1. The van der Waals surface area contributed by atoms with Gasteiger partial charge in [-0.2, -0.15) is 0 Å². The molecule has 1 amide bonds. The highest BCUT2D eigenvalue weighted by Gasteiger charge is 2.26. The molecule has 4 heterocycles. The van der Waals surface area contributed by atoms with Crippen LogP contribution < -0.4 is 21.3 Å². The average Bonchev–Trinajstić information content (AvgIpc) is 3.18. The van der Waals surface area contributed by atoms with Gasteiger partial charge in [0, 0.05) is 56.3 Å². The second-order valence-electron chi connectivity index (χ2n) is 11.9. The third-order valence-corrected chi connectivity index (χ3v) is 9.85. The molecular formula is C36H30F2N8O7S. The molecule has 0 spiro atoms. The summed E-state index contributed by atoms with van der Waals surface area (Å²) in [5.41, 5.74) is -1.04. The van der Waals surface area contributed by atoms with Crippen LogP contribution in [0.5, 0.6) is 0 Å². The van der Waals surface area contributed by atoms with Crippen LogP contribution in [0.3, 0.4) is 0 Å². The Morgan fingerprint density at radius 2 is 1.63 bits per heavy atom. The Hall–Kier alpha value is -6.53. The van der Waals surface area contributed by atoms with Gasteiger partial charge in [0.15, 0.2) is 5.78 Å². The predicted molar refractivity (Wildman–Crippen MR) is 191 cm³/mol. The molecule has 15 nitrogen and oxygen atoms in total. The van der Waals surface area contributed by atoms with Gasteiger partial charge < -0.3 is 10.4 Å². The summed E-state index contributed by atoms with van der Waals surface area (Å²) in [5.74, 6) is -4.09. The zero-order valence-corrected chi connectivity index (χ0v) is 29.3. The number of nitrogens with one attached hydrogen (secondary N) is 2. The molecule has 0 saturated carbocycles. The molecule has 4 aromatic heterocycles. The summed E-state index contributed by atoms with van der Waals surface area (Å²) in [5, 5.41) is 12.0. The Kier molecular flexibility index (Phi) is 10.5. The number of carbonyl (C=O) groups is 2. The van der Waals surface area contributed by atoms with Crippen molar-refractivity contribution in [2.24, 2.45) is 7.05 Å². The van der Waals surface area contributed by atoms with Crippen molar-refractivity contribution >= 4 is 38.3 Å². The Morgan fingerprint density at radius 1 is 0.907 bits per heavy atom. The fraction of sp³-hybridized carbons (Fsp3) is 0.167. The number of benzene rings is 2. The number of hydrogen-bond donors (Lipinski definition) is 3. The lowest BCUT2D eigenvalue weighted by atomic mass is 10.0. The number of sulfonamides is 1. The second kappa shape index (κ2) is 15.2. The number of ketones is 1. The molecule has 0 bridgehead atoms. The van der Waals surface area contributed by atoms with Crippen LogP contribution in [-0.2, 0) is 34.7 Å². The summed E-state index contributed by atoms with van der Waals surface area (Å²) < 4.78 is 60.6. The molecule has 276 valence electrons. The van der Waals surface area contributed by atoms with Gasteiger partial charge in [0.2, 0.25) is 0 Å². The van der Waals surface area contributed by atoms with Gasteiger partial charge in [0.05, 0.1) is 39.3 Å². The number of anilines is 1. The summed E-state index contributed by atoms with van der Waals surface area (Å²) in [7, 11) is -2.94. The number of aromatic nitrogens is 6. The topological polar surface area (TPSA) is 208 Å². The molecule has 18 heteroatoms. The Bertz CT molecular complexity index is 2630. The van der Waals surface area contributed by atoms with Crippen molar-refractivity contribution in [3.05, 3.63) is 135 Å². The lowest BCUT2D eigenvalue weighted by Crippen LogP contribution is -2.44. The minimum atomic E-state index is -4.41. The number of pyridine rings is 2. The van der Waals surface area contributed by atoms with Crippen molar-refractivity contribution in [1.82, 2.24) is 34.4 Å². The fourth-order valence-corrected chi connectivity index (χ4v) is 6.57. The summed E-state index contributed by atoms with van der Waals surface area (Å²) >= 11 is 0. The maximum atomic E-state index is 15.2. The Morgan fingerprint density at radius 3 is 2.28 bits per heavy atom. The minimum absolute atomic E-state index is 0.0323. The van der Waals surface area contributed by atoms with Crippen LogP contribution in [-0.4, -0.2) is 66.9 Å². The van der Waals surface area contributed by atoms with Crippen LogP contribution in [0.25, 0.3) is 27.8 Å². The minimum Gasteiger partial charge on any atom is -0.389 e. The monoisotopic (exact) mass is 756 g/mol. The number of amides is 1. The molecule has 54 heavy (non-hydrogen) atoms. The number of hydrogen-bond acceptors (Lipinski definition) is 11. The standard InChI is InChI=1S/C36H30F2N8O7S/c1-3-32-40-16-22(17-41-32)21-5-7-23(8-6-21)54(52,53)44-28-14-26(37)25(13-27(28)38)34(49)43-29(31(48)19-47)12-20-4-9-33(42-15-20)46-35(50)24-10-11-39-18-30(24)45(2)36(46)51/h4-11,13-18,29,44,47H,3,12,19H2,1-2H3,(H,43,49)/t29-/m0/s1. The van der Waals surface area contributed by atoms with Crippen molar-refractivity contribution in [3.8, 4) is 16.9 Å². The van der Waals surface area contributed by atoms with Crippen LogP contribution in [0.2, 0.25) is 0 Å². The molecule has 2 aromatic carbocycles. The van der Waals surface area contributed by atoms with Gasteiger partial charge in [-0.3, -0.25) is 28.7 Å². The molecule has 0 radical (unpaired) electrons. The Balaban J connectivity index is 1.17. The van der Waals surface area contributed by atoms with E-state index in [2.05, 4.69) is 25.3 Å². The van der Waals surface area contributed by atoms with Gasteiger partial charge in [0.25, 0.3) is 21.5 Å². The van der Waals surface area contributed by atoms with Crippen molar-refractivity contribution in [1.29, 1.82) is 0 Å². The lowest BCUT2D eigenvalue weighted by Gasteiger charge is -2.18. The molecule has 0 saturated heterocycles. The van der Waals surface area contributed by atoms with Gasteiger partial charge in [-0.05, 0) is 41.5 Å². The third-order valence-electron chi connectivity index (χ3n) is 8.47. The normalized spacial score (nSPS) is 12.0. The van der Waals surface area contributed by atoms with Crippen LogP contribution in [0, 0.1) is 11.6 Å². The van der Waals surface area contributed by atoms with Crippen molar-refractivity contribution in [3.63, 3.8) is 0 Å². The lowest BCUT2D eigenvalue weighted by molar-refractivity contribution is -0.123. The highest BCUT2D eigenvalue weighted by molar-refractivity contribution is 7.92. The van der Waals surface area contributed by atoms with E-state index in [9.17, 15) is 32.7 Å². The summed E-state index contributed by atoms with van der Waals surface area (Å²) in [6, 6.07) is 9.30. The number of aliphatic hydroxyl groups excluding tert-OH is 1. The quantitative estimate of drug-likeness (QED) is 0.165. The van der Waals surface area contributed by atoms with Crippen LogP contribution in [0.4, 0.5) is 14.5 Å². The van der Waals surface area contributed by atoms with E-state index in [1.165, 1.54) is 72.7 Å². The van der Waals surface area contributed by atoms with Crippen LogP contribution in [0.1, 0.15) is 28.7 Å².